The van der Waals surface area contributed by atoms with Crippen molar-refractivity contribution in [1.29, 1.82) is 0 Å². The average molecular weight is 306 g/mol. The van der Waals surface area contributed by atoms with Gasteiger partial charge in [0.15, 0.2) is 9.84 Å². The number of aliphatic hydroxyl groups excluding tert-OH is 1. The van der Waals surface area contributed by atoms with Crippen LogP contribution in [-0.2, 0) is 14.6 Å². The number of hydrogen-bond donors (Lipinski definition) is 2. The minimum absolute atomic E-state index is 0.0307. The number of carbonyl (C=O) groups is 1. The molecule has 118 valence electrons. The first-order valence-electron chi connectivity index (χ1n) is 7.20. The highest BCUT2D eigenvalue weighted by Crippen LogP contribution is 2.18. The van der Waals surface area contributed by atoms with Gasteiger partial charge in [-0.2, -0.15) is 0 Å². The van der Waals surface area contributed by atoms with Crippen molar-refractivity contribution in [2.45, 2.75) is 45.2 Å². The fourth-order valence-corrected chi connectivity index (χ4v) is 4.14. The predicted molar refractivity (Wildman–Crippen MR) is 78.2 cm³/mol. The van der Waals surface area contributed by atoms with Gasteiger partial charge in [0.25, 0.3) is 0 Å². The third-order valence-corrected chi connectivity index (χ3v) is 5.18. The highest BCUT2D eigenvalue weighted by atomic mass is 32.2. The van der Waals surface area contributed by atoms with E-state index in [1.165, 1.54) is 0 Å². The van der Waals surface area contributed by atoms with Crippen molar-refractivity contribution in [1.82, 2.24) is 10.2 Å². The highest BCUT2D eigenvalue weighted by Gasteiger charge is 2.33. The van der Waals surface area contributed by atoms with E-state index >= 15 is 0 Å². The van der Waals surface area contributed by atoms with Gasteiger partial charge in [-0.3, -0.25) is 4.79 Å². The molecule has 0 aliphatic carbocycles. The van der Waals surface area contributed by atoms with E-state index in [4.69, 9.17) is 5.11 Å². The lowest BCUT2D eigenvalue weighted by atomic mass is 10.2. The Hall–Kier alpha value is -0.660. The molecule has 0 aromatic heterocycles. The molecule has 6 nitrogen and oxygen atoms in total. The predicted octanol–water partition coefficient (Wildman–Crippen LogP) is -0.227. The number of nitrogens with one attached hydrogen (secondary N) is 1. The molecule has 0 spiro atoms. The van der Waals surface area contributed by atoms with Gasteiger partial charge in [-0.25, -0.2) is 8.42 Å². The normalized spacial score (nSPS) is 21.3. The fraction of sp³-hybridized carbons (Fsp3) is 0.923. The lowest BCUT2D eigenvalue weighted by Crippen LogP contribution is -2.43. The summed E-state index contributed by atoms with van der Waals surface area (Å²) in [6.45, 7) is 4.94. The highest BCUT2D eigenvalue weighted by molar-refractivity contribution is 7.91. The lowest BCUT2D eigenvalue weighted by molar-refractivity contribution is -0.133. The molecule has 1 saturated heterocycles. The van der Waals surface area contributed by atoms with Gasteiger partial charge in [0.1, 0.15) is 0 Å². The Morgan fingerprint density at radius 3 is 2.65 bits per heavy atom. The van der Waals surface area contributed by atoms with Crippen LogP contribution in [0.4, 0.5) is 0 Å². The molecule has 2 N–H and O–H groups in total. The minimum Gasteiger partial charge on any atom is -0.395 e. The third kappa shape index (κ3) is 5.76. The number of hydrogen-bond acceptors (Lipinski definition) is 5. The van der Waals surface area contributed by atoms with E-state index in [0.717, 1.165) is 13.0 Å². The van der Waals surface area contributed by atoms with Gasteiger partial charge < -0.3 is 15.3 Å². The van der Waals surface area contributed by atoms with Crippen molar-refractivity contribution in [3.8, 4) is 0 Å². The first-order chi connectivity index (χ1) is 9.35. The second kappa shape index (κ2) is 7.95. The molecule has 0 aromatic carbocycles. The Morgan fingerprint density at radius 1 is 1.45 bits per heavy atom. The molecule has 0 aromatic rings. The summed E-state index contributed by atoms with van der Waals surface area (Å²) < 4.78 is 23.0. The SMILES string of the molecule is CC(C)NCCCC(=O)N(CCO)C1CCS(=O)(=O)C1. The first-order valence-corrected chi connectivity index (χ1v) is 9.02. The standard InChI is InChI=1S/C13H26N2O4S/c1-11(2)14-6-3-4-13(17)15(7-8-16)12-5-9-20(18,19)10-12/h11-12,14,16H,3-10H2,1-2H3. The van der Waals surface area contributed by atoms with E-state index < -0.39 is 9.84 Å². The maximum absolute atomic E-state index is 12.2. The summed E-state index contributed by atoms with van der Waals surface area (Å²) in [5, 5.41) is 12.3. The van der Waals surface area contributed by atoms with Crippen LogP contribution in [0.5, 0.6) is 0 Å². The minimum atomic E-state index is -3.02. The van der Waals surface area contributed by atoms with Crippen molar-refractivity contribution in [3.63, 3.8) is 0 Å². The molecule has 1 aliphatic rings. The van der Waals surface area contributed by atoms with Gasteiger partial charge in [-0.1, -0.05) is 13.8 Å². The molecular weight excluding hydrogens is 280 g/mol. The number of rotatable bonds is 8. The van der Waals surface area contributed by atoms with Crippen molar-refractivity contribution in [2.75, 3.05) is 31.2 Å². The Morgan fingerprint density at radius 2 is 2.15 bits per heavy atom. The number of aliphatic hydroxyl groups is 1. The number of amides is 1. The smallest absolute Gasteiger partial charge is 0.222 e. The fourth-order valence-electron chi connectivity index (χ4n) is 2.41. The molecule has 1 fully saturated rings. The summed E-state index contributed by atoms with van der Waals surface area (Å²) in [5.41, 5.74) is 0. The molecule has 1 rings (SSSR count). The van der Waals surface area contributed by atoms with Crippen molar-refractivity contribution in [3.05, 3.63) is 0 Å². The van der Waals surface area contributed by atoms with Gasteiger partial charge in [-0.05, 0) is 19.4 Å². The van der Waals surface area contributed by atoms with Crippen molar-refractivity contribution in [2.24, 2.45) is 0 Å². The summed E-state index contributed by atoms with van der Waals surface area (Å²) in [4.78, 5) is 13.7. The number of nitrogens with zero attached hydrogens (tertiary/aromatic N) is 1. The second-order valence-corrected chi connectivity index (χ2v) is 7.81. The van der Waals surface area contributed by atoms with Crippen LogP contribution in [-0.4, -0.2) is 67.6 Å². The zero-order valence-corrected chi connectivity index (χ0v) is 13.2. The molecule has 1 heterocycles. The Bertz CT molecular complexity index is 409. The van der Waals surface area contributed by atoms with Crippen LogP contribution >= 0.6 is 0 Å². The van der Waals surface area contributed by atoms with E-state index in [2.05, 4.69) is 5.32 Å². The molecular formula is C13H26N2O4S. The zero-order valence-electron chi connectivity index (χ0n) is 12.3. The van der Waals surface area contributed by atoms with Crippen LogP contribution in [0.15, 0.2) is 0 Å². The largest absolute Gasteiger partial charge is 0.395 e. The maximum atomic E-state index is 12.2. The van der Waals surface area contributed by atoms with Crippen molar-refractivity contribution >= 4 is 15.7 Å². The second-order valence-electron chi connectivity index (χ2n) is 5.58. The molecule has 1 amide bonds. The van der Waals surface area contributed by atoms with Gasteiger partial charge in [0, 0.05) is 25.0 Å². The molecule has 1 unspecified atom stereocenters. The van der Waals surface area contributed by atoms with Gasteiger partial charge in [-0.15, -0.1) is 0 Å². The zero-order chi connectivity index (χ0) is 15.2. The quantitative estimate of drug-likeness (QED) is 0.605. The third-order valence-electron chi connectivity index (χ3n) is 3.43. The molecule has 0 saturated carbocycles. The molecule has 7 heteroatoms. The monoisotopic (exact) mass is 306 g/mol. The molecule has 20 heavy (non-hydrogen) atoms. The van der Waals surface area contributed by atoms with E-state index in [9.17, 15) is 13.2 Å². The lowest BCUT2D eigenvalue weighted by Gasteiger charge is -2.27. The molecule has 0 bridgehead atoms. The summed E-state index contributed by atoms with van der Waals surface area (Å²) in [6, 6.07) is 0.122. The average Bonchev–Trinajstić information content (AvgIpc) is 2.71. The van der Waals surface area contributed by atoms with E-state index in [1.54, 1.807) is 4.90 Å². The summed E-state index contributed by atoms with van der Waals surface area (Å²) in [6.07, 6.45) is 1.59. The summed E-state index contributed by atoms with van der Waals surface area (Å²) >= 11 is 0. The van der Waals surface area contributed by atoms with Crippen LogP contribution in [0.1, 0.15) is 33.1 Å². The number of sulfone groups is 1. The van der Waals surface area contributed by atoms with Gasteiger partial charge in [0.2, 0.25) is 5.91 Å². The van der Waals surface area contributed by atoms with Crippen LogP contribution in [0.3, 0.4) is 0 Å². The molecule has 1 aliphatic heterocycles. The topological polar surface area (TPSA) is 86.7 Å². The summed E-state index contributed by atoms with van der Waals surface area (Å²) in [5.74, 6) is 0.108. The Kier molecular flexibility index (Phi) is 6.91. The van der Waals surface area contributed by atoms with Crippen LogP contribution < -0.4 is 5.32 Å². The van der Waals surface area contributed by atoms with Crippen LogP contribution in [0.25, 0.3) is 0 Å². The van der Waals surface area contributed by atoms with Crippen molar-refractivity contribution < 1.29 is 18.3 Å². The van der Waals surface area contributed by atoms with E-state index in [1.807, 2.05) is 13.8 Å². The molecule has 0 radical (unpaired) electrons. The van der Waals surface area contributed by atoms with Gasteiger partial charge >= 0.3 is 0 Å². The Balaban J connectivity index is 2.47. The Labute approximate surface area is 121 Å². The number of carbonyl (C=O) groups excluding carboxylic acids is 1. The van der Waals surface area contributed by atoms with E-state index in [0.29, 0.717) is 18.9 Å². The summed E-state index contributed by atoms with van der Waals surface area (Å²) in [7, 11) is -3.02. The molecule has 1 atom stereocenters. The van der Waals surface area contributed by atoms with E-state index in [-0.39, 0.29) is 36.6 Å². The van der Waals surface area contributed by atoms with Crippen LogP contribution in [0.2, 0.25) is 0 Å². The maximum Gasteiger partial charge on any atom is 0.222 e. The van der Waals surface area contributed by atoms with Gasteiger partial charge in [0.05, 0.1) is 18.1 Å². The first kappa shape index (κ1) is 17.4. The van der Waals surface area contributed by atoms with Crippen LogP contribution in [0, 0.1) is 0 Å².